The standard InChI is InChI=1S/C11H22N4O3S2/c1-6(4-19)9(10(12)17)15-8(16)3-14-7(5-20)11(18)13-2/h6-7,9,14,19-20H,3-5H2,1-2H3,(H2,12,17)(H,13,18)(H,15,16). The minimum atomic E-state index is -0.781. The van der Waals surface area contributed by atoms with Gasteiger partial charge in [0, 0.05) is 12.8 Å². The first-order chi connectivity index (χ1) is 9.37. The smallest absolute Gasteiger partial charge is 0.240 e. The first kappa shape index (κ1) is 19.1. The van der Waals surface area contributed by atoms with Crippen molar-refractivity contribution in [3.63, 3.8) is 0 Å². The van der Waals surface area contributed by atoms with E-state index >= 15 is 0 Å². The molecule has 9 heteroatoms. The van der Waals surface area contributed by atoms with Crippen molar-refractivity contribution in [1.29, 1.82) is 0 Å². The Morgan fingerprint density at radius 3 is 2.20 bits per heavy atom. The molecule has 0 aromatic carbocycles. The van der Waals surface area contributed by atoms with E-state index in [1.165, 1.54) is 7.05 Å². The van der Waals surface area contributed by atoms with Gasteiger partial charge in [-0.3, -0.25) is 19.7 Å². The van der Waals surface area contributed by atoms with Crippen LogP contribution in [0.1, 0.15) is 6.92 Å². The highest BCUT2D eigenvalue weighted by Crippen LogP contribution is 2.04. The zero-order valence-corrected chi connectivity index (χ0v) is 13.3. The van der Waals surface area contributed by atoms with Crippen LogP contribution in [0.25, 0.3) is 0 Å². The van der Waals surface area contributed by atoms with Gasteiger partial charge in [0.2, 0.25) is 17.7 Å². The maximum Gasteiger partial charge on any atom is 0.240 e. The maximum absolute atomic E-state index is 11.7. The van der Waals surface area contributed by atoms with E-state index in [2.05, 4.69) is 41.2 Å². The number of primary amides is 1. The van der Waals surface area contributed by atoms with Crippen LogP contribution in [0.4, 0.5) is 0 Å². The summed E-state index contributed by atoms with van der Waals surface area (Å²) in [6, 6.07) is -1.36. The van der Waals surface area contributed by atoms with Gasteiger partial charge in [-0.05, 0) is 11.7 Å². The fraction of sp³-hybridized carbons (Fsp3) is 0.727. The van der Waals surface area contributed by atoms with Gasteiger partial charge < -0.3 is 16.4 Å². The summed E-state index contributed by atoms with van der Waals surface area (Å²) in [5.74, 6) is -0.810. The summed E-state index contributed by atoms with van der Waals surface area (Å²) in [7, 11) is 1.50. The number of hydrogen-bond donors (Lipinski definition) is 6. The molecule has 0 saturated heterocycles. The van der Waals surface area contributed by atoms with Gasteiger partial charge in [0.05, 0.1) is 12.6 Å². The first-order valence-electron chi connectivity index (χ1n) is 6.12. The third-order valence-electron chi connectivity index (χ3n) is 2.73. The Labute approximate surface area is 129 Å². The molecule has 20 heavy (non-hydrogen) atoms. The Balaban J connectivity index is 4.39. The molecule has 0 aromatic heterocycles. The third kappa shape index (κ3) is 6.49. The van der Waals surface area contributed by atoms with Gasteiger partial charge in [-0.2, -0.15) is 25.3 Å². The maximum atomic E-state index is 11.7. The Morgan fingerprint density at radius 1 is 1.20 bits per heavy atom. The van der Waals surface area contributed by atoms with Crippen LogP contribution in [0.3, 0.4) is 0 Å². The molecule has 0 aromatic rings. The number of likely N-dealkylation sites (N-methyl/N-ethyl adjacent to an activating group) is 1. The van der Waals surface area contributed by atoms with Gasteiger partial charge in [-0.15, -0.1) is 0 Å². The molecule has 0 fully saturated rings. The SMILES string of the molecule is CNC(=O)C(CS)NCC(=O)NC(C(N)=O)C(C)CS. The lowest BCUT2D eigenvalue weighted by atomic mass is 10.0. The Hall–Kier alpha value is -0.930. The van der Waals surface area contributed by atoms with Crippen molar-refractivity contribution in [2.24, 2.45) is 11.7 Å². The van der Waals surface area contributed by atoms with E-state index < -0.39 is 23.9 Å². The van der Waals surface area contributed by atoms with Crippen molar-refractivity contribution in [2.75, 3.05) is 25.1 Å². The van der Waals surface area contributed by atoms with Crippen LogP contribution in [0.5, 0.6) is 0 Å². The number of rotatable bonds is 9. The second-order valence-corrected chi connectivity index (χ2v) is 5.07. The highest BCUT2D eigenvalue weighted by Gasteiger charge is 2.24. The average molecular weight is 322 g/mol. The molecular formula is C11H22N4O3S2. The van der Waals surface area contributed by atoms with Crippen LogP contribution in [0.15, 0.2) is 0 Å². The quantitative estimate of drug-likeness (QED) is 0.280. The molecule has 0 aliphatic carbocycles. The fourth-order valence-corrected chi connectivity index (χ4v) is 1.96. The number of nitrogens with one attached hydrogen (secondary N) is 3. The molecule has 0 aliphatic heterocycles. The predicted molar refractivity (Wildman–Crippen MR) is 83.9 cm³/mol. The summed E-state index contributed by atoms with van der Waals surface area (Å²) < 4.78 is 0. The van der Waals surface area contributed by atoms with Gasteiger partial charge in [0.15, 0.2) is 0 Å². The third-order valence-corrected chi connectivity index (χ3v) is 3.68. The zero-order chi connectivity index (χ0) is 15.7. The van der Waals surface area contributed by atoms with Crippen molar-refractivity contribution >= 4 is 43.0 Å². The minimum Gasteiger partial charge on any atom is -0.368 e. The summed E-state index contributed by atoms with van der Waals surface area (Å²) in [6.45, 7) is 1.65. The van der Waals surface area contributed by atoms with Crippen molar-refractivity contribution < 1.29 is 14.4 Å². The van der Waals surface area contributed by atoms with Gasteiger partial charge in [0.25, 0.3) is 0 Å². The minimum absolute atomic E-state index is 0.109. The largest absolute Gasteiger partial charge is 0.368 e. The van der Waals surface area contributed by atoms with E-state index in [1.54, 1.807) is 6.92 Å². The van der Waals surface area contributed by atoms with Crippen molar-refractivity contribution in [3.8, 4) is 0 Å². The van der Waals surface area contributed by atoms with Gasteiger partial charge >= 0.3 is 0 Å². The molecule has 0 radical (unpaired) electrons. The van der Waals surface area contributed by atoms with Gasteiger partial charge in [0.1, 0.15) is 6.04 Å². The molecular weight excluding hydrogens is 300 g/mol. The predicted octanol–water partition coefficient (Wildman–Crippen LogP) is -1.84. The summed E-state index contributed by atoms with van der Waals surface area (Å²) in [6.07, 6.45) is 0. The number of amides is 3. The van der Waals surface area contributed by atoms with Crippen LogP contribution >= 0.6 is 25.3 Å². The van der Waals surface area contributed by atoms with Crippen LogP contribution in [0.2, 0.25) is 0 Å². The molecule has 116 valence electrons. The monoisotopic (exact) mass is 322 g/mol. The summed E-state index contributed by atoms with van der Waals surface area (Å²) in [4.78, 5) is 34.4. The van der Waals surface area contributed by atoms with E-state index in [9.17, 15) is 14.4 Å². The van der Waals surface area contributed by atoms with Crippen LogP contribution in [-0.4, -0.2) is 54.9 Å². The second-order valence-electron chi connectivity index (χ2n) is 4.34. The van der Waals surface area contributed by atoms with E-state index in [-0.39, 0.29) is 24.1 Å². The Bertz CT molecular complexity index is 355. The summed E-state index contributed by atoms with van der Waals surface area (Å²) in [5, 5.41) is 7.73. The molecule has 3 atom stereocenters. The number of carbonyl (C=O) groups is 3. The lowest BCUT2D eigenvalue weighted by Crippen LogP contribution is -2.53. The molecule has 0 spiro atoms. The van der Waals surface area contributed by atoms with Gasteiger partial charge in [-0.1, -0.05) is 6.92 Å². The number of carbonyl (C=O) groups excluding carboxylic acids is 3. The Morgan fingerprint density at radius 2 is 1.80 bits per heavy atom. The number of thiol groups is 2. The summed E-state index contributed by atoms with van der Waals surface area (Å²) in [5.41, 5.74) is 5.23. The lowest BCUT2D eigenvalue weighted by molar-refractivity contribution is -0.128. The summed E-state index contributed by atoms with van der Waals surface area (Å²) >= 11 is 8.10. The Kier molecular flexibility index (Phi) is 9.43. The normalized spacial score (nSPS) is 15.0. The average Bonchev–Trinajstić information content (AvgIpc) is 2.43. The van der Waals surface area contributed by atoms with E-state index in [0.717, 1.165) is 0 Å². The van der Waals surface area contributed by atoms with E-state index in [1.807, 2.05) is 0 Å². The molecule has 0 bridgehead atoms. The highest BCUT2D eigenvalue weighted by molar-refractivity contribution is 7.80. The molecule has 0 aliphatic rings. The highest BCUT2D eigenvalue weighted by atomic mass is 32.1. The number of nitrogens with two attached hydrogens (primary N) is 1. The molecule has 7 nitrogen and oxygen atoms in total. The van der Waals surface area contributed by atoms with E-state index in [0.29, 0.717) is 5.75 Å². The molecule has 0 saturated carbocycles. The number of hydrogen-bond acceptors (Lipinski definition) is 6. The van der Waals surface area contributed by atoms with Crippen molar-refractivity contribution in [1.82, 2.24) is 16.0 Å². The second kappa shape index (κ2) is 9.89. The molecule has 5 N–H and O–H groups in total. The lowest BCUT2D eigenvalue weighted by Gasteiger charge is -2.21. The molecule has 3 unspecified atom stereocenters. The van der Waals surface area contributed by atoms with Gasteiger partial charge in [-0.25, -0.2) is 0 Å². The van der Waals surface area contributed by atoms with E-state index in [4.69, 9.17) is 5.73 Å². The van der Waals surface area contributed by atoms with Crippen molar-refractivity contribution in [2.45, 2.75) is 19.0 Å². The molecule has 3 amide bonds. The molecule has 0 heterocycles. The molecule has 0 rings (SSSR count). The topological polar surface area (TPSA) is 113 Å². The van der Waals surface area contributed by atoms with Crippen LogP contribution in [0, 0.1) is 5.92 Å². The fourth-order valence-electron chi connectivity index (χ4n) is 1.45. The zero-order valence-electron chi connectivity index (χ0n) is 11.5. The van der Waals surface area contributed by atoms with Crippen LogP contribution in [-0.2, 0) is 14.4 Å². The first-order valence-corrected chi connectivity index (χ1v) is 7.39. The van der Waals surface area contributed by atoms with Crippen molar-refractivity contribution in [3.05, 3.63) is 0 Å². The van der Waals surface area contributed by atoms with Crippen LogP contribution < -0.4 is 21.7 Å².